The van der Waals surface area contributed by atoms with Crippen LogP contribution in [0, 0.1) is 18.3 Å². The monoisotopic (exact) mass is 456 g/mol. The zero-order chi connectivity index (χ0) is 24.1. The fraction of sp³-hybridized carbons (Fsp3) is 0.308. The Kier molecular flexibility index (Phi) is 7.04. The average Bonchev–Trinajstić information content (AvgIpc) is 3.33. The number of ether oxygens (including phenoxy) is 1. The predicted octanol–water partition coefficient (Wildman–Crippen LogP) is 4.00. The number of primary amides is 1. The zero-order valence-electron chi connectivity index (χ0n) is 19.4. The lowest BCUT2D eigenvalue weighted by Gasteiger charge is -2.18. The number of aryl methyl sites for hydroxylation is 1. The molecule has 1 amide bonds. The van der Waals surface area contributed by atoms with Crippen molar-refractivity contribution in [2.75, 3.05) is 18.4 Å². The van der Waals surface area contributed by atoms with Crippen LogP contribution in [0.4, 0.5) is 5.82 Å². The molecule has 8 nitrogen and oxygen atoms in total. The minimum atomic E-state index is -0.542. The summed E-state index contributed by atoms with van der Waals surface area (Å²) in [6.45, 7) is 6.45. The lowest BCUT2D eigenvalue weighted by Crippen LogP contribution is -2.32. The first kappa shape index (κ1) is 23.2. The van der Waals surface area contributed by atoms with Crippen LogP contribution in [0.5, 0.6) is 11.5 Å². The van der Waals surface area contributed by atoms with E-state index in [1.807, 2.05) is 43.3 Å². The van der Waals surface area contributed by atoms with Crippen molar-refractivity contribution in [3.8, 4) is 29.0 Å². The summed E-state index contributed by atoms with van der Waals surface area (Å²) in [7, 11) is 0. The van der Waals surface area contributed by atoms with E-state index in [1.54, 1.807) is 19.1 Å². The van der Waals surface area contributed by atoms with E-state index in [-0.39, 0.29) is 0 Å². The molecule has 1 aliphatic heterocycles. The molecule has 1 unspecified atom stereocenters. The molecule has 0 aliphatic carbocycles. The molecule has 2 heterocycles. The van der Waals surface area contributed by atoms with Gasteiger partial charge in [0.1, 0.15) is 23.4 Å². The van der Waals surface area contributed by atoms with Gasteiger partial charge >= 0.3 is 0 Å². The van der Waals surface area contributed by atoms with Crippen molar-refractivity contribution in [3.63, 3.8) is 0 Å². The van der Waals surface area contributed by atoms with Crippen LogP contribution in [0.15, 0.2) is 48.5 Å². The van der Waals surface area contributed by atoms with Gasteiger partial charge in [0, 0.05) is 29.4 Å². The first-order chi connectivity index (χ1) is 16.4. The number of nitrogens with one attached hydrogen (secondary N) is 1. The van der Waals surface area contributed by atoms with Crippen LogP contribution < -0.4 is 15.8 Å². The molecule has 0 saturated carbocycles. The predicted molar refractivity (Wildman–Crippen MR) is 130 cm³/mol. The quantitative estimate of drug-likeness (QED) is 0.526. The molecule has 8 heteroatoms. The Balaban J connectivity index is 1.53. The Morgan fingerprint density at radius 1 is 1.18 bits per heavy atom. The number of aromatic nitrogens is 2. The van der Waals surface area contributed by atoms with Crippen molar-refractivity contribution in [1.29, 1.82) is 5.26 Å². The highest BCUT2D eigenvalue weighted by atomic mass is 16.5. The van der Waals surface area contributed by atoms with E-state index in [1.165, 1.54) is 12.8 Å². The second kappa shape index (κ2) is 10.3. The third kappa shape index (κ3) is 5.69. The number of nitriles is 1. The molecular formula is C26H28N6O2. The maximum Gasteiger partial charge on any atom is 0.239 e. The Morgan fingerprint density at radius 2 is 1.91 bits per heavy atom. The van der Waals surface area contributed by atoms with E-state index in [0.717, 1.165) is 42.2 Å². The number of nitrogens with zero attached hydrogens (tertiary/aromatic N) is 4. The lowest BCUT2D eigenvalue weighted by atomic mass is 10.1. The first-order valence-electron chi connectivity index (χ1n) is 11.4. The Morgan fingerprint density at radius 3 is 2.59 bits per heavy atom. The van der Waals surface area contributed by atoms with Crippen LogP contribution in [0.25, 0.3) is 11.4 Å². The summed E-state index contributed by atoms with van der Waals surface area (Å²) >= 11 is 0. The molecule has 4 rings (SSSR count). The van der Waals surface area contributed by atoms with Gasteiger partial charge in [-0.2, -0.15) is 5.26 Å². The molecule has 2 aromatic carbocycles. The summed E-state index contributed by atoms with van der Waals surface area (Å²) in [6.07, 6.45) is 2.41. The minimum Gasteiger partial charge on any atom is -0.457 e. The molecular weight excluding hydrogens is 428 g/mol. The number of carbonyl (C=O) groups is 1. The van der Waals surface area contributed by atoms with Crippen LogP contribution in [0.3, 0.4) is 0 Å². The van der Waals surface area contributed by atoms with Crippen LogP contribution in [0.1, 0.15) is 36.6 Å². The highest BCUT2D eigenvalue weighted by molar-refractivity contribution is 5.82. The average molecular weight is 457 g/mol. The molecule has 1 fully saturated rings. The van der Waals surface area contributed by atoms with E-state index in [9.17, 15) is 10.1 Å². The standard InChI is InChI=1S/C26H28N6O2/c1-17-13-24(30-18(2)25(28)33)31-26(29-17)20-6-8-22(9-7-20)34-23-10-5-19(15-27)14-21(23)16-32-11-3-4-12-32/h5-10,13-14,18H,3-4,11-12,16H2,1-2H3,(H2,28,33)(H,29,30,31). The first-order valence-corrected chi connectivity index (χ1v) is 11.4. The van der Waals surface area contributed by atoms with Gasteiger partial charge < -0.3 is 15.8 Å². The van der Waals surface area contributed by atoms with Gasteiger partial charge in [-0.25, -0.2) is 9.97 Å². The molecule has 1 atom stereocenters. The molecule has 3 aromatic rings. The fourth-order valence-corrected chi connectivity index (χ4v) is 3.92. The van der Waals surface area contributed by atoms with Crippen molar-refractivity contribution in [3.05, 3.63) is 65.4 Å². The van der Waals surface area contributed by atoms with Gasteiger partial charge in [-0.05, 0) is 82.2 Å². The minimum absolute atomic E-state index is 0.453. The van der Waals surface area contributed by atoms with Crippen LogP contribution in [-0.2, 0) is 11.3 Å². The van der Waals surface area contributed by atoms with Crippen molar-refractivity contribution in [2.24, 2.45) is 5.73 Å². The molecule has 0 spiro atoms. The Bertz CT molecular complexity index is 1210. The van der Waals surface area contributed by atoms with Gasteiger partial charge in [-0.15, -0.1) is 0 Å². The molecule has 174 valence electrons. The van der Waals surface area contributed by atoms with Gasteiger partial charge in [0.15, 0.2) is 5.82 Å². The summed E-state index contributed by atoms with van der Waals surface area (Å²) < 4.78 is 6.20. The molecule has 3 N–H and O–H groups in total. The maximum atomic E-state index is 11.4. The van der Waals surface area contributed by atoms with Crippen LogP contribution in [0.2, 0.25) is 0 Å². The van der Waals surface area contributed by atoms with Crippen molar-refractivity contribution in [2.45, 2.75) is 39.3 Å². The van der Waals surface area contributed by atoms with Gasteiger partial charge in [-0.3, -0.25) is 9.69 Å². The number of hydrogen-bond acceptors (Lipinski definition) is 7. The topological polar surface area (TPSA) is 117 Å². The van der Waals surface area contributed by atoms with Crippen molar-refractivity contribution < 1.29 is 9.53 Å². The number of hydrogen-bond donors (Lipinski definition) is 2. The number of rotatable bonds is 8. The van der Waals surface area contributed by atoms with Gasteiger partial charge in [0.2, 0.25) is 5.91 Å². The smallest absolute Gasteiger partial charge is 0.239 e. The molecule has 1 aliphatic rings. The second-order valence-electron chi connectivity index (χ2n) is 8.53. The number of anilines is 1. The maximum absolute atomic E-state index is 11.4. The normalized spacial score (nSPS) is 14.4. The van der Waals surface area contributed by atoms with E-state index < -0.39 is 11.9 Å². The summed E-state index contributed by atoms with van der Waals surface area (Å²) in [5.74, 6) is 2.06. The van der Waals surface area contributed by atoms with E-state index in [2.05, 4.69) is 26.3 Å². The number of carbonyl (C=O) groups excluding carboxylic acids is 1. The SMILES string of the molecule is Cc1cc(NC(C)C(N)=O)nc(-c2ccc(Oc3ccc(C#N)cc3CN3CCCC3)cc2)n1. The molecule has 34 heavy (non-hydrogen) atoms. The van der Waals surface area contributed by atoms with Gasteiger partial charge in [-0.1, -0.05) is 0 Å². The van der Waals surface area contributed by atoms with E-state index in [4.69, 9.17) is 10.5 Å². The Hall–Kier alpha value is -3.96. The fourth-order valence-electron chi connectivity index (χ4n) is 3.92. The van der Waals surface area contributed by atoms with Crippen molar-refractivity contribution >= 4 is 11.7 Å². The highest BCUT2D eigenvalue weighted by Crippen LogP contribution is 2.30. The zero-order valence-corrected chi connectivity index (χ0v) is 19.4. The van der Waals surface area contributed by atoms with Crippen LogP contribution in [-0.4, -0.2) is 39.9 Å². The molecule has 1 aromatic heterocycles. The summed E-state index contributed by atoms with van der Waals surface area (Å²) in [5, 5.41) is 12.3. The highest BCUT2D eigenvalue weighted by Gasteiger charge is 2.16. The summed E-state index contributed by atoms with van der Waals surface area (Å²) in [6, 6.07) is 16.5. The molecule has 1 saturated heterocycles. The third-order valence-electron chi connectivity index (χ3n) is 5.77. The molecule has 0 bridgehead atoms. The van der Waals surface area contributed by atoms with Crippen LogP contribution >= 0.6 is 0 Å². The number of benzene rings is 2. The molecule has 0 radical (unpaired) electrons. The third-order valence-corrected chi connectivity index (χ3v) is 5.77. The second-order valence-corrected chi connectivity index (χ2v) is 8.53. The Labute approximate surface area is 199 Å². The summed E-state index contributed by atoms with van der Waals surface area (Å²) in [5.41, 5.74) is 8.57. The van der Waals surface area contributed by atoms with Crippen molar-refractivity contribution in [1.82, 2.24) is 14.9 Å². The largest absolute Gasteiger partial charge is 0.457 e. The number of nitrogens with two attached hydrogens (primary N) is 1. The van der Waals surface area contributed by atoms with Gasteiger partial charge in [0.05, 0.1) is 11.6 Å². The van der Waals surface area contributed by atoms with Gasteiger partial charge in [0.25, 0.3) is 0 Å². The number of likely N-dealkylation sites (tertiary alicyclic amines) is 1. The number of amides is 1. The van der Waals surface area contributed by atoms with E-state index >= 15 is 0 Å². The van der Waals surface area contributed by atoms with E-state index in [0.29, 0.717) is 23.0 Å². The summed E-state index contributed by atoms with van der Waals surface area (Å²) in [4.78, 5) is 22.8. The lowest BCUT2D eigenvalue weighted by molar-refractivity contribution is -0.118.